The molecular weight excluding hydrogens is 516 g/mol. The highest BCUT2D eigenvalue weighted by molar-refractivity contribution is 9.10. The molecule has 0 bridgehead atoms. The summed E-state index contributed by atoms with van der Waals surface area (Å²) in [5.74, 6) is 0.897. The van der Waals surface area contributed by atoms with Crippen LogP contribution in [0.1, 0.15) is 0 Å². The zero-order chi connectivity index (χ0) is 17.9. The number of benzene rings is 2. The summed E-state index contributed by atoms with van der Waals surface area (Å²) in [6, 6.07) is 15.6. The molecule has 1 fully saturated rings. The second kappa shape index (κ2) is 9.34. The van der Waals surface area contributed by atoms with E-state index in [9.17, 15) is 0 Å². The van der Waals surface area contributed by atoms with Crippen LogP contribution in [0.5, 0.6) is 0 Å². The first-order valence-corrected chi connectivity index (χ1v) is 10.1. The van der Waals surface area contributed by atoms with Crippen LogP contribution in [0.25, 0.3) is 5.69 Å². The Balaban J connectivity index is 0.00000210. The number of hydrogen-bond donors (Lipinski definition) is 0. The zero-order valence-electron chi connectivity index (χ0n) is 14.2. The monoisotopic (exact) mass is 530 g/mol. The fourth-order valence-corrected chi connectivity index (χ4v) is 3.94. The van der Waals surface area contributed by atoms with Gasteiger partial charge in [-0.25, -0.2) is 8.95 Å². The van der Waals surface area contributed by atoms with E-state index in [2.05, 4.69) is 41.9 Å². The minimum absolute atomic E-state index is 0. The predicted molar refractivity (Wildman–Crippen MR) is 119 cm³/mol. The zero-order valence-corrected chi connectivity index (χ0v) is 19.1. The lowest BCUT2D eigenvalue weighted by molar-refractivity contribution is 0.122. The number of nitrogens with zero attached hydrogens (tertiary/aromatic N) is 4. The Morgan fingerprint density at radius 2 is 1.70 bits per heavy atom. The van der Waals surface area contributed by atoms with Gasteiger partial charge in [0, 0.05) is 22.6 Å². The second-order valence-electron chi connectivity index (χ2n) is 5.74. The Bertz CT molecular complexity index is 951. The van der Waals surface area contributed by atoms with Crippen LogP contribution in [0.2, 0.25) is 5.02 Å². The summed E-state index contributed by atoms with van der Waals surface area (Å²) in [5.41, 5.74) is 1.89. The molecular formula is C18H17Br2ClN4OS. The highest BCUT2D eigenvalue weighted by atomic mass is 79.9. The average molecular weight is 533 g/mol. The quantitative estimate of drug-likeness (QED) is 0.477. The molecule has 2 heterocycles. The molecule has 1 aromatic heterocycles. The van der Waals surface area contributed by atoms with E-state index >= 15 is 0 Å². The summed E-state index contributed by atoms with van der Waals surface area (Å²) in [7, 11) is 0. The number of rotatable bonds is 3. The maximum atomic E-state index is 5.96. The van der Waals surface area contributed by atoms with E-state index in [0.717, 1.165) is 34.9 Å². The average Bonchev–Trinajstić information content (AvgIpc) is 3.09. The van der Waals surface area contributed by atoms with E-state index in [4.69, 9.17) is 21.3 Å². The van der Waals surface area contributed by atoms with E-state index < -0.39 is 0 Å². The van der Waals surface area contributed by atoms with Gasteiger partial charge in [0.15, 0.2) is 0 Å². The number of hydrogen-bond acceptors (Lipinski definition) is 5. The van der Waals surface area contributed by atoms with E-state index in [-0.39, 0.29) is 17.0 Å². The highest BCUT2D eigenvalue weighted by Crippen LogP contribution is 2.23. The predicted octanol–water partition coefficient (Wildman–Crippen LogP) is 5.00. The maximum absolute atomic E-state index is 5.96. The third-order valence-corrected chi connectivity index (χ3v) is 5.64. The van der Waals surface area contributed by atoms with E-state index in [0.29, 0.717) is 23.0 Å². The second-order valence-corrected chi connectivity index (χ2v) is 8.01. The molecule has 0 radical (unpaired) electrons. The van der Waals surface area contributed by atoms with Crippen LogP contribution in [-0.4, -0.2) is 35.2 Å². The summed E-state index contributed by atoms with van der Waals surface area (Å²) in [6.45, 7) is 3.06. The lowest BCUT2D eigenvalue weighted by atomic mass is 10.3. The van der Waals surface area contributed by atoms with Crippen molar-refractivity contribution in [2.45, 2.75) is 0 Å². The highest BCUT2D eigenvalue weighted by Gasteiger charge is 2.18. The van der Waals surface area contributed by atoms with Crippen molar-refractivity contribution in [3.05, 3.63) is 62.8 Å². The molecule has 0 spiro atoms. The van der Waals surface area contributed by atoms with Crippen molar-refractivity contribution in [2.75, 3.05) is 31.2 Å². The Labute approximate surface area is 185 Å². The third-order valence-electron chi connectivity index (χ3n) is 3.96. The lowest BCUT2D eigenvalue weighted by Crippen LogP contribution is -2.37. The number of morpholine rings is 1. The van der Waals surface area contributed by atoms with Crippen molar-refractivity contribution in [3.63, 3.8) is 0 Å². The van der Waals surface area contributed by atoms with Crippen LogP contribution in [-0.2, 0) is 4.74 Å². The van der Waals surface area contributed by atoms with Crippen LogP contribution >= 0.6 is 56.0 Å². The van der Waals surface area contributed by atoms with E-state index in [1.807, 2.05) is 36.4 Å². The molecule has 27 heavy (non-hydrogen) atoms. The molecule has 4 rings (SSSR count). The van der Waals surface area contributed by atoms with Crippen molar-refractivity contribution in [2.24, 2.45) is 4.99 Å². The Morgan fingerprint density at radius 1 is 1.04 bits per heavy atom. The molecule has 1 saturated heterocycles. The van der Waals surface area contributed by atoms with Crippen LogP contribution in [0.3, 0.4) is 0 Å². The van der Waals surface area contributed by atoms with Crippen LogP contribution in [0, 0.1) is 0 Å². The van der Waals surface area contributed by atoms with Crippen molar-refractivity contribution in [1.82, 2.24) is 8.94 Å². The maximum Gasteiger partial charge on any atom is 0.229 e. The van der Waals surface area contributed by atoms with E-state index in [1.165, 1.54) is 11.5 Å². The number of halogens is 3. The first-order chi connectivity index (χ1) is 12.7. The topological polar surface area (TPSA) is 42.6 Å². The molecule has 0 saturated carbocycles. The molecule has 2 aromatic carbocycles. The molecule has 3 aromatic rings. The number of ether oxygens (including phenoxy) is 1. The number of anilines is 1. The Kier molecular flexibility index (Phi) is 7.10. The number of aromatic nitrogens is 2. The molecule has 9 heteroatoms. The van der Waals surface area contributed by atoms with Crippen molar-refractivity contribution in [1.29, 1.82) is 0 Å². The smallest absolute Gasteiger partial charge is 0.229 e. The normalized spacial score (nSPS) is 14.9. The fraction of sp³-hybridized carbons (Fsp3) is 0.222. The first kappa shape index (κ1) is 20.5. The van der Waals surface area contributed by atoms with Gasteiger partial charge in [0.05, 0.1) is 24.6 Å². The standard InChI is InChI=1S/C18H16BrClN4OS.BrH/c19-13-1-7-16(8-2-13)24-18(23-9-11-25-12-10-23)22-17(26-24)21-15-5-3-14(20)4-6-15;/h1-8H,9-12H2;1H. The molecule has 0 N–H and O–H groups in total. The molecule has 1 aliphatic rings. The lowest BCUT2D eigenvalue weighted by Gasteiger charge is -2.27. The van der Waals surface area contributed by atoms with Gasteiger partial charge < -0.3 is 9.64 Å². The molecule has 142 valence electrons. The van der Waals surface area contributed by atoms with Crippen molar-refractivity contribution >= 4 is 67.7 Å². The van der Waals surface area contributed by atoms with Crippen LogP contribution < -0.4 is 9.70 Å². The van der Waals surface area contributed by atoms with Gasteiger partial charge in [-0.3, -0.25) is 0 Å². The Morgan fingerprint density at radius 3 is 2.37 bits per heavy atom. The van der Waals surface area contributed by atoms with Crippen LogP contribution in [0.15, 0.2) is 58.0 Å². The largest absolute Gasteiger partial charge is 0.378 e. The molecule has 0 aliphatic carbocycles. The first-order valence-electron chi connectivity index (χ1n) is 8.18. The molecule has 0 atom stereocenters. The summed E-state index contributed by atoms with van der Waals surface area (Å²) in [6.07, 6.45) is 0. The molecule has 1 aliphatic heterocycles. The Hall–Kier alpha value is -1.19. The summed E-state index contributed by atoms with van der Waals surface area (Å²) < 4.78 is 8.64. The van der Waals surface area contributed by atoms with Gasteiger partial charge in [-0.05, 0) is 60.1 Å². The summed E-state index contributed by atoms with van der Waals surface area (Å²) in [4.78, 5) is 12.4. The minimum atomic E-state index is 0. The molecule has 5 nitrogen and oxygen atoms in total. The SMILES string of the molecule is Br.Clc1ccc(N=c2nc(N3CCOCC3)n(-c3ccc(Br)cc3)s2)cc1. The summed E-state index contributed by atoms with van der Waals surface area (Å²) >= 11 is 11.0. The van der Waals surface area contributed by atoms with Crippen LogP contribution in [0.4, 0.5) is 11.6 Å². The van der Waals surface area contributed by atoms with Gasteiger partial charge in [-0.2, -0.15) is 4.98 Å². The summed E-state index contributed by atoms with van der Waals surface area (Å²) in [5, 5.41) is 0.696. The van der Waals surface area contributed by atoms with Crippen molar-refractivity contribution < 1.29 is 4.74 Å². The van der Waals surface area contributed by atoms with Gasteiger partial charge in [-0.15, -0.1) is 17.0 Å². The van der Waals surface area contributed by atoms with Gasteiger partial charge in [0.25, 0.3) is 0 Å². The third kappa shape index (κ3) is 5.00. The van der Waals surface area contributed by atoms with Gasteiger partial charge in [0.1, 0.15) is 0 Å². The van der Waals surface area contributed by atoms with Gasteiger partial charge in [0.2, 0.25) is 10.7 Å². The molecule has 0 unspecified atom stereocenters. The fourth-order valence-electron chi connectivity index (χ4n) is 2.65. The molecule has 0 amide bonds. The van der Waals surface area contributed by atoms with Crippen molar-refractivity contribution in [3.8, 4) is 5.69 Å². The van der Waals surface area contributed by atoms with Gasteiger partial charge in [-0.1, -0.05) is 27.5 Å². The van der Waals surface area contributed by atoms with Gasteiger partial charge >= 0.3 is 0 Å². The van der Waals surface area contributed by atoms with E-state index in [1.54, 1.807) is 0 Å². The minimum Gasteiger partial charge on any atom is -0.378 e.